The molecule has 9 nitrogen and oxygen atoms in total. The fourth-order valence-corrected chi connectivity index (χ4v) is 3.72. The number of H-pyrrole nitrogens is 1. The minimum Gasteiger partial charge on any atom is -0.497 e. The summed E-state index contributed by atoms with van der Waals surface area (Å²) in [5, 5.41) is 14.3. The van der Waals surface area contributed by atoms with E-state index in [1.807, 2.05) is 0 Å². The van der Waals surface area contributed by atoms with Crippen LogP contribution in [0.3, 0.4) is 0 Å². The molecule has 0 bridgehead atoms. The van der Waals surface area contributed by atoms with Crippen molar-refractivity contribution in [3.8, 4) is 22.8 Å². The van der Waals surface area contributed by atoms with Crippen LogP contribution in [-0.2, 0) is 19.4 Å². The first kappa shape index (κ1) is 20.6. The zero-order valence-electron chi connectivity index (χ0n) is 17.6. The summed E-state index contributed by atoms with van der Waals surface area (Å²) in [6, 6.07) is 8.69. The van der Waals surface area contributed by atoms with Crippen LogP contribution in [0.5, 0.6) is 11.5 Å². The number of benzene rings is 1. The van der Waals surface area contributed by atoms with Crippen LogP contribution >= 0.6 is 0 Å². The van der Waals surface area contributed by atoms with E-state index in [0.29, 0.717) is 35.0 Å². The number of fused-ring (bicyclic) bond motifs is 1. The van der Waals surface area contributed by atoms with E-state index in [1.54, 1.807) is 44.6 Å². The first-order valence-corrected chi connectivity index (χ1v) is 10.2. The average molecular weight is 423 g/mol. The van der Waals surface area contributed by atoms with E-state index in [2.05, 4.69) is 20.6 Å². The van der Waals surface area contributed by atoms with Crippen molar-refractivity contribution in [3.05, 3.63) is 57.6 Å². The average Bonchev–Trinajstić information content (AvgIpc) is 3.29. The second-order valence-electron chi connectivity index (χ2n) is 7.37. The molecular formula is C22H25N5O4. The van der Waals surface area contributed by atoms with Crippen molar-refractivity contribution >= 4 is 5.91 Å². The zero-order valence-corrected chi connectivity index (χ0v) is 17.6. The molecule has 2 aromatic heterocycles. The molecule has 1 aliphatic carbocycles. The molecule has 0 saturated carbocycles. The van der Waals surface area contributed by atoms with Gasteiger partial charge in [0.15, 0.2) is 0 Å². The molecule has 2 N–H and O–H groups in total. The molecule has 0 radical (unpaired) electrons. The molecule has 0 unspecified atom stereocenters. The van der Waals surface area contributed by atoms with Crippen molar-refractivity contribution in [2.75, 3.05) is 20.8 Å². The van der Waals surface area contributed by atoms with Gasteiger partial charge in [-0.3, -0.25) is 14.7 Å². The number of hydrogen-bond donors (Lipinski definition) is 2. The van der Waals surface area contributed by atoms with Crippen molar-refractivity contribution in [1.82, 2.24) is 25.3 Å². The molecule has 0 atom stereocenters. The number of nitrogens with one attached hydrogen (secondary N) is 2. The third-order valence-electron chi connectivity index (χ3n) is 5.39. The lowest BCUT2D eigenvalue weighted by Crippen LogP contribution is -2.33. The van der Waals surface area contributed by atoms with E-state index in [-0.39, 0.29) is 18.0 Å². The maximum absolute atomic E-state index is 12.5. The molecule has 0 aliphatic heterocycles. The Balaban J connectivity index is 1.42. The molecule has 0 spiro atoms. The number of rotatable bonds is 7. The van der Waals surface area contributed by atoms with Crippen LogP contribution in [0.25, 0.3) is 11.3 Å². The summed E-state index contributed by atoms with van der Waals surface area (Å²) in [4.78, 5) is 24.8. The fraction of sp³-hybridized carbons (Fsp3) is 0.364. The maximum Gasteiger partial charge on any atom is 0.269 e. The van der Waals surface area contributed by atoms with Gasteiger partial charge in [-0.15, -0.1) is 0 Å². The third-order valence-corrected chi connectivity index (χ3v) is 5.39. The number of nitrogens with zero attached hydrogens (tertiary/aromatic N) is 3. The molecule has 9 heteroatoms. The minimum absolute atomic E-state index is 0.135. The highest BCUT2D eigenvalue weighted by Crippen LogP contribution is 2.32. The molecule has 3 aromatic rings. The van der Waals surface area contributed by atoms with Gasteiger partial charge in [-0.05, 0) is 55.5 Å². The predicted octanol–water partition coefficient (Wildman–Crippen LogP) is 1.96. The van der Waals surface area contributed by atoms with Gasteiger partial charge in [0.25, 0.3) is 11.5 Å². The normalized spacial score (nSPS) is 12.8. The number of aryl methyl sites for hydroxylation is 2. The Morgan fingerprint density at radius 2 is 2.00 bits per heavy atom. The quantitative estimate of drug-likeness (QED) is 0.601. The van der Waals surface area contributed by atoms with Gasteiger partial charge in [0.05, 0.1) is 32.2 Å². The number of aromatic amines is 1. The van der Waals surface area contributed by atoms with Crippen molar-refractivity contribution in [3.63, 3.8) is 0 Å². The molecule has 0 fully saturated rings. The molecule has 0 saturated heterocycles. The molecule has 4 rings (SSSR count). The van der Waals surface area contributed by atoms with E-state index in [0.717, 1.165) is 36.9 Å². The summed E-state index contributed by atoms with van der Waals surface area (Å²) in [6.07, 6.45) is 4.00. The number of carbonyl (C=O) groups is 1. The van der Waals surface area contributed by atoms with E-state index in [1.165, 1.54) is 4.68 Å². The molecule has 1 aromatic carbocycles. The van der Waals surface area contributed by atoms with E-state index in [4.69, 9.17) is 9.47 Å². The highest BCUT2D eigenvalue weighted by Gasteiger charge is 2.16. The molecular weight excluding hydrogens is 398 g/mol. The molecule has 162 valence electrons. The first-order chi connectivity index (χ1) is 15.1. The van der Waals surface area contributed by atoms with Gasteiger partial charge in [0, 0.05) is 18.2 Å². The molecule has 31 heavy (non-hydrogen) atoms. The second-order valence-corrected chi connectivity index (χ2v) is 7.37. The monoisotopic (exact) mass is 423 g/mol. The van der Waals surface area contributed by atoms with Gasteiger partial charge < -0.3 is 14.8 Å². The molecule has 1 amide bonds. The number of amides is 1. The van der Waals surface area contributed by atoms with Crippen molar-refractivity contribution < 1.29 is 14.3 Å². The molecule has 2 heterocycles. The van der Waals surface area contributed by atoms with Gasteiger partial charge in [0.2, 0.25) is 0 Å². The summed E-state index contributed by atoms with van der Waals surface area (Å²) in [5.74, 6) is 0.969. The Bertz CT molecular complexity index is 1150. The fourth-order valence-electron chi connectivity index (χ4n) is 3.72. The standard InChI is InChI=1S/C22H25N5O4/c1-30-15-7-8-20(31-2)16(12-15)18-13-19(25-24-18)22(29)23-9-10-27-21(28)11-14-5-3-4-6-17(14)26-27/h7-8,11-13H,3-6,9-10H2,1-2H3,(H,23,29)(H,24,25). The Morgan fingerprint density at radius 3 is 2.81 bits per heavy atom. The lowest BCUT2D eigenvalue weighted by molar-refractivity contribution is 0.0946. The van der Waals surface area contributed by atoms with Crippen LogP contribution in [0.1, 0.15) is 34.6 Å². The number of carbonyl (C=O) groups excluding carboxylic acids is 1. The van der Waals surface area contributed by atoms with E-state index < -0.39 is 0 Å². The topological polar surface area (TPSA) is 111 Å². The Labute approximate surface area is 179 Å². The van der Waals surface area contributed by atoms with Crippen LogP contribution in [-0.4, -0.2) is 46.6 Å². The number of ether oxygens (including phenoxy) is 2. The SMILES string of the molecule is COc1ccc(OC)c(-c2cc(C(=O)NCCn3nc4c(cc3=O)CCCC4)[nH]n2)c1. The van der Waals surface area contributed by atoms with Gasteiger partial charge in [0.1, 0.15) is 17.2 Å². The minimum atomic E-state index is -0.313. The van der Waals surface area contributed by atoms with Gasteiger partial charge in [-0.25, -0.2) is 4.68 Å². The lowest BCUT2D eigenvalue weighted by atomic mass is 9.97. The summed E-state index contributed by atoms with van der Waals surface area (Å²) in [5.41, 5.74) is 3.49. The van der Waals surface area contributed by atoms with Gasteiger partial charge in [-0.1, -0.05) is 0 Å². The number of hydrogen-bond acceptors (Lipinski definition) is 6. The van der Waals surface area contributed by atoms with Crippen molar-refractivity contribution in [1.29, 1.82) is 0 Å². The maximum atomic E-state index is 12.5. The first-order valence-electron chi connectivity index (χ1n) is 10.2. The summed E-state index contributed by atoms with van der Waals surface area (Å²) >= 11 is 0. The van der Waals surface area contributed by atoms with Gasteiger partial charge >= 0.3 is 0 Å². The van der Waals surface area contributed by atoms with Crippen LogP contribution in [0.15, 0.2) is 35.1 Å². The Morgan fingerprint density at radius 1 is 1.16 bits per heavy atom. The van der Waals surface area contributed by atoms with E-state index in [9.17, 15) is 9.59 Å². The lowest BCUT2D eigenvalue weighted by Gasteiger charge is -2.15. The highest BCUT2D eigenvalue weighted by atomic mass is 16.5. The van der Waals surface area contributed by atoms with Crippen molar-refractivity contribution in [2.24, 2.45) is 0 Å². The van der Waals surface area contributed by atoms with Crippen LogP contribution in [0.2, 0.25) is 0 Å². The summed E-state index contributed by atoms with van der Waals surface area (Å²) in [7, 11) is 3.15. The zero-order chi connectivity index (χ0) is 21.8. The largest absolute Gasteiger partial charge is 0.497 e. The number of aromatic nitrogens is 4. The molecule has 1 aliphatic rings. The Kier molecular flexibility index (Phi) is 6.01. The smallest absolute Gasteiger partial charge is 0.269 e. The number of methoxy groups -OCH3 is 2. The van der Waals surface area contributed by atoms with Crippen LogP contribution in [0.4, 0.5) is 0 Å². The van der Waals surface area contributed by atoms with Crippen LogP contribution in [0, 0.1) is 0 Å². The summed E-state index contributed by atoms with van der Waals surface area (Å²) in [6.45, 7) is 0.587. The van der Waals surface area contributed by atoms with E-state index >= 15 is 0 Å². The van der Waals surface area contributed by atoms with Gasteiger partial charge in [-0.2, -0.15) is 10.2 Å². The summed E-state index contributed by atoms with van der Waals surface area (Å²) < 4.78 is 12.1. The van der Waals surface area contributed by atoms with Crippen LogP contribution < -0.4 is 20.3 Å². The second kappa shape index (κ2) is 9.03. The predicted molar refractivity (Wildman–Crippen MR) is 115 cm³/mol. The highest BCUT2D eigenvalue weighted by molar-refractivity contribution is 5.93. The van der Waals surface area contributed by atoms with Crippen molar-refractivity contribution in [2.45, 2.75) is 32.2 Å². The Hall–Kier alpha value is -3.62. The third kappa shape index (κ3) is 4.45.